The maximum absolute atomic E-state index is 11.6. The molecular formula is C19H21NO8. The molecule has 2 heterocycles. The van der Waals surface area contributed by atoms with E-state index < -0.39 is 43.3 Å². The molecule has 0 amide bonds. The Hall–Kier alpha value is -2.56. The summed E-state index contributed by atoms with van der Waals surface area (Å²) < 4.78 is 15.5. The van der Waals surface area contributed by atoms with Crippen LogP contribution in [0.4, 0.5) is 0 Å². The molecule has 0 bridgehead atoms. The van der Waals surface area contributed by atoms with Gasteiger partial charge in [-0.3, -0.25) is 4.98 Å². The van der Waals surface area contributed by atoms with E-state index in [1.807, 2.05) is 0 Å². The van der Waals surface area contributed by atoms with Crippen molar-refractivity contribution in [2.45, 2.75) is 30.7 Å². The van der Waals surface area contributed by atoms with Crippen LogP contribution < -0.4 is 4.74 Å². The molecule has 0 aliphatic carbocycles. The molecular weight excluding hydrogens is 370 g/mol. The number of aliphatic hydroxyl groups excluding tert-OH is 4. The number of aliphatic hydroxyl groups is 4. The third kappa shape index (κ3) is 4.13. The number of carbonyl (C=O) groups is 1. The molecule has 5 atom stereocenters. The maximum Gasteiger partial charge on any atom is 0.339 e. The molecule has 9 nitrogen and oxygen atoms in total. The number of ether oxygens (including phenoxy) is 3. The van der Waals surface area contributed by atoms with Crippen LogP contribution >= 0.6 is 0 Å². The summed E-state index contributed by atoms with van der Waals surface area (Å²) in [5.41, 5.74) is 1.78. The van der Waals surface area contributed by atoms with Crippen LogP contribution in [0, 0.1) is 0 Å². The van der Waals surface area contributed by atoms with Crippen LogP contribution in [0.15, 0.2) is 42.7 Å². The number of rotatable bonds is 5. The van der Waals surface area contributed by atoms with E-state index in [1.165, 1.54) is 13.3 Å². The van der Waals surface area contributed by atoms with Gasteiger partial charge in [0.25, 0.3) is 0 Å². The van der Waals surface area contributed by atoms with Crippen molar-refractivity contribution in [3.63, 3.8) is 0 Å². The SMILES string of the molecule is COC(=O)c1cncc(-c2ccc(OC3OC(CO)C(O)C(O)C3O)cc2)c1. The fourth-order valence-electron chi connectivity index (χ4n) is 2.85. The highest BCUT2D eigenvalue weighted by molar-refractivity contribution is 5.90. The minimum Gasteiger partial charge on any atom is -0.465 e. The molecule has 1 aromatic heterocycles. The van der Waals surface area contributed by atoms with Crippen molar-refractivity contribution < 1.29 is 39.4 Å². The predicted octanol–water partition coefficient (Wildman–Crippen LogP) is -0.286. The van der Waals surface area contributed by atoms with Gasteiger partial charge in [0.2, 0.25) is 6.29 Å². The Balaban J connectivity index is 1.74. The van der Waals surface area contributed by atoms with Crippen molar-refractivity contribution in [2.75, 3.05) is 13.7 Å². The second-order valence-electron chi connectivity index (χ2n) is 6.29. The van der Waals surface area contributed by atoms with Gasteiger partial charge in [0.05, 0.1) is 19.3 Å². The third-order valence-electron chi connectivity index (χ3n) is 4.45. The predicted molar refractivity (Wildman–Crippen MR) is 95.4 cm³/mol. The summed E-state index contributed by atoms with van der Waals surface area (Å²) in [6, 6.07) is 8.31. The van der Waals surface area contributed by atoms with Gasteiger partial charge < -0.3 is 34.6 Å². The first-order valence-electron chi connectivity index (χ1n) is 8.55. The molecule has 0 spiro atoms. The summed E-state index contributed by atoms with van der Waals surface area (Å²) in [4.78, 5) is 15.7. The second-order valence-corrected chi connectivity index (χ2v) is 6.29. The van der Waals surface area contributed by atoms with E-state index in [0.29, 0.717) is 16.9 Å². The van der Waals surface area contributed by atoms with Crippen LogP contribution in [0.3, 0.4) is 0 Å². The monoisotopic (exact) mass is 391 g/mol. The van der Waals surface area contributed by atoms with Crippen molar-refractivity contribution in [2.24, 2.45) is 0 Å². The molecule has 1 fully saturated rings. The van der Waals surface area contributed by atoms with Crippen molar-refractivity contribution in [1.29, 1.82) is 0 Å². The number of pyridine rings is 1. The quantitative estimate of drug-likeness (QED) is 0.507. The largest absolute Gasteiger partial charge is 0.465 e. The molecule has 0 saturated carbocycles. The van der Waals surface area contributed by atoms with E-state index in [0.717, 1.165) is 5.56 Å². The highest BCUT2D eigenvalue weighted by Crippen LogP contribution is 2.27. The van der Waals surface area contributed by atoms with Crippen LogP contribution in [0.5, 0.6) is 5.75 Å². The van der Waals surface area contributed by atoms with Crippen LogP contribution in [-0.2, 0) is 9.47 Å². The average molecular weight is 391 g/mol. The van der Waals surface area contributed by atoms with Gasteiger partial charge in [0, 0.05) is 18.0 Å². The number of aromatic nitrogens is 1. The number of hydrogen-bond donors (Lipinski definition) is 4. The summed E-state index contributed by atoms with van der Waals surface area (Å²) in [5.74, 6) is -0.151. The standard InChI is InChI=1S/C19H21NO8/c1-26-18(25)12-6-11(7-20-8-12)10-2-4-13(5-3-10)27-19-17(24)16(23)15(22)14(9-21)28-19/h2-8,14-17,19,21-24H,9H2,1H3. The van der Waals surface area contributed by atoms with Gasteiger partial charge in [-0.05, 0) is 23.8 Å². The van der Waals surface area contributed by atoms with Crippen LogP contribution in [-0.4, -0.2) is 75.8 Å². The van der Waals surface area contributed by atoms with E-state index in [4.69, 9.17) is 9.47 Å². The molecule has 1 aromatic carbocycles. The van der Waals surface area contributed by atoms with E-state index in [9.17, 15) is 25.2 Å². The Morgan fingerprint density at radius 1 is 1.07 bits per heavy atom. The lowest BCUT2D eigenvalue weighted by Crippen LogP contribution is -2.60. The zero-order chi connectivity index (χ0) is 20.3. The average Bonchev–Trinajstić information content (AvgIpc) is 2.74. The van der Waals surface area contributed by atoms with Crippen LogP contribution in [0.1, 0.15) is 10.4 Å². The van der Waals surface area contributed by atoms with E-state index in [2.05, 4.69) is 9.72 Å². The summed E-state index contributed by atoms with van der Waals surface area (Å²) >= 11 is 0. The van der Waals surface area contributed by atoms with E-state index >= 15 is 0 Å². The molecule has 2 aromatic rings. The van der Waals surface area contributed by atoms with Gasteiger partial charge in [0.1, 0.15) is 30.2 Å². The number of methoxy groups -OCH3 is 1. The Morgan fingerprint density at radius 3 is 2.43 bits per heavy atom. The fraction of sp³-hybridized carbons (Fsp3) is 0.368. The molecule has 28 heavy (non-hydrogen) atoms. The molecule has 1 aliphatic rings. The topological polar surface area (TPSA) is 139 Å². The van der Waals surface area contributed by atoms with E-state index in [-0.39, 0.29) is 0 Å². The Kier molecular flexibility index (Phi) is 6.22. The number of hydrogen-bond acceptors (Lipinski definition) is 9. The highest BCUT2D eigenvalue weighted by atomic mass is 16.7. The number of esters is 1. The first-order chi connectivity index (χ1) is 13.4. The first kappa shape index (κ1) is 20.2. The van der Waals surface area contributed by atoms with Crippen LogP contribution in [0.2, 0.25) is 0 Å². The van der Waals surface area contributed by atoms with Crippen molar-refractivity contribution in [3.05, 3.63) is 48.3 Å². The van der Waals surface area contributed by atoms with Crippen molar-refractivity contribution in [1.82, 2.24) is 4.98 Å². The maximum atomic E-state index is 11.6. The Bertz CT molecular complexity index is 810. The highest BCUT2D eigenvalue weighted by Gasteiger charge is 2.44. The lowest BCUT2D eigenvalue weighted by atomic mass is 9.99. The molecule has 0 radical (unpaired) electrons. The zero-order valence-electron chi connectivity index (χ0n) is 15.0. The van der Waals surface area contributed by atoms with Gasteiger partial charge in [-0.15, -0.1) is 0 Å². The molecule has 9 heteroatoms. The summed E-state index contributed by atoms with van der Waals surface area (Å²) in [6.07, 6.45) is -3.75. The van der Waals surface area contributed by atoms with Crippen molar-refractivity contribution in [3.8, 4) is 16.9 Å². The Morgan fingerprint density at radius 2 is 1.79 bits per heavy atom. The van der Waals surface area contributed by atoms with Gasteiger partial charge in [0.15, 0.2) is 0 Å². The van der Waals surface area contributed by atoms with Gasteiger partial charge in [-0.25, -0.2) is 4.79 Å². The fourth-order valence-corrected chi connectivity index (χ4v) is 2.85. The normalized spacial score (nSPS) is 27.2. The molecule has 5 unspecified atom stereocenters. The minimum atomic E-state index is -1.51. The molecule has 1 saturated heterocycles. The number of nitrogens with zero attached hydrogens (tertiary/aromatic N) is 1. The summed E-state index contributed by atoms with van der Waals surface area (Å²) in [5, 5.41) is 38.9. The van der Waals surface area contributed by atoms with Gasteiger partial charge >= 0.3 is 5.97 Å². The second kappa shape index (κ2) is 8.63. The summed E-state index contributed by atoms with van der Waals surface area (Å²) in [7, 11) is 1.29. The van der Waals surface area contributed by atoms with Crippen molar-refractivity contribution >= 4 is 5.97 Å². The molecule has 150 valence electrons. The third-order valence-corrected chi connectivity index (χ3v) is 4.45. The number of benzene rings is 1. The Labute approximate surface area is 160 Å². The lowest BCUT2D eigenvalue weighted by Gasteiger charge is -2.39. The first-order valence-corrected chi connectivity index (χ1v) is 8.55. The lowest BCUT2D eigenvalue weighted by molar-refractivity contribution is -0.277. The minimum absolute atomic E-state index is 0.321. The molecule has 4 N–H and O–H groups in total. The van der Waals surface area contributed by atoms with E-state index in [1.54, 1.807) is 36.5 Å². The van der Waals surface area contributed by atoms with Gasteiger partial charge in [-0.2, -0.15) is 0 Å². The zero-order valence-corrected chi connectivity index (χ0v) is 15.0. The molecule has 1 aliphatic heterocycles. The smallest absolute Gasteiger partial charge is 0.339 e. The van der Waals surface area contributed by atoms with Crippen LogP contribution in [0.25, 0.3) is 11.1 Å². The van der Waals surface area contributed by atoms with Gasteiger partial charge in [-0.1, -0.05) is 12.1 Å². The molecule has 3 rings (SSSR count). The summed E-state index contributed by atoms with van der Waals surface area (Å²) in [6.45, 7) is -0.534. The number of carbonyl (C=O) groups excluding carboxylic acids is 1.